The van der Waals surface area contributed by atoms with Crippen LogP contribution in [0, 0.1) is 13.8 Å². The minimum absolute atomic E-state index is 0.0101. The summed E-state index contributed by atoms with van der Waals surface area (Å²) in [5.41, 5.74) is 8.63. The van der Waals surface area contributed by atoms with Gasteiger partial charge in [-0.15, -0.1) is 0 Å². The van der Waals surface area contributed by atoms with Crippen LogP contribution in [-0.4, -0.2) is 22.0 Å². The lowest BCUT2D eigenvalue weighted by atomic mass is 10.0. The monoisotopic (exact) mass is 412 g/mol. The summed E-state index contributed by atoms with van der Waals surface area (Å²) >= 11 is 0. The Morgan fingerprint density at radius 2 is 1.90 bits per heavy atom. The molecule has 0 fully saturated rings. The molecule has 1 aromatic carbocycles. The number of H-pyrrole nitrogens is 1. The maximum absolute atomic E-state index is 13.1. The fourth-order valence-corrected chi connectivity index (χ4v) is 3.57. The Hall–Kier alpha value is -3.29. The lowest BCUT2D eigenvalue weighted by molar-refractivity contribution is -0.117. The van der Waals surface area contributed by atoms with E-state index in [1.165, 1.54) is 9.47 Å². The van der Waals surface area contributed by atoms with E-state index in [1.807, 2.05) is 32.9 Å². The van der Waals surface area contributed by atoms with Gasteiger partial charge < -0.3 is 15.1 Å². The second-order valence-corrected chi connectivity index (χ2v) is 7.51. The van der Waals surface area contributed by atoms with Crippen LogP contribution in [0.2, 0.25) is 0 Å². The van der Waals surface area contributed by atoms with Crippen molar-refractivity contribution in [3.05, 3.63) is 55.9 Å². The first kappa shape index (κ1) is 21.4. The van der Waals surface area contributed by atoms with Crippen molar-refractivity contribution in [2.24, 2.45) is 0 Å². The molecule has 2 aromatic heterocycles. The average Bonchev–Trinajstić information content (AvgIpc) is 3.06. The number of carbonyl (C=O) groups excluding carboxylic acids is 1. The van der Waals surface area contributed by atoms with Gasteiger partial charge in [-0.2, -0.15) is 0 Å². The minimum atomic E-state index is -0.663. The number of furan rings is 1. The molecule has 3 rings (SSSR count). The van der Waals surface area contributed by atoms with Crippen LogP contribution in [0.25, 0.3) is 11.0 Å². The molecule has 0 unspecified atom stereocenters. The van der Waals surface area contributed by atoms with Gasteiger partial charge in [0.2, 0.25) is 5.91 Å². The predicted molar refractivity (Wildman–Crippen MR) is 118 cm³/mol. The fourth-order valence-electron chi connectivity index (χ4n) is 3.57. The van der Waals surface area contributed by atoms with E-state index in [4.69, 9.17) is 10.2 Å². The number of carbonyl (C=O) groups is 1. The van der Waals surface area contributed by atoms with E-state index in [0.717, 1.165) is 40.5 Å². The quantitative estimate of drug-likeness (QED) is 0.619. The summed E-state index contributed by atoms with van der Waals surface area (Å²) in [6.07, 6.45) is 3.22. The van der Waals surface area contributed by atoms with Gasteiger partial charge in [-0.3, -0.25) is 19.1 Å². The summed E-state index contributed by atoms with van der Waals surface area (Å²) < 4.78 is 6.94. The molecule has 0 atom stereocenters. The van der Waals surface area contributed by atoms with E-state index >= 15 is 0 Å². The number of likely N-dealkylation sites (N-methyl/N-ethyl adjacent to an activating group) is 1. The number of nitrogens with two attached hydrogens (primary N) is 1. The number of rotatable bonds is 7. The Morgan fingerprint density at radius 1 is 1.20 bits per heavy atom. The van der Waals surface area contributed by atoms with Crippen LogP contribution in [0.5, 0.6) is 0 Å². The van der Waals surface area contributed by atoms with Crippen molar-refractivity contribution in [1.29, 1.82) is 0 Å². The Morgan fingerprint density at radius 3 is 2.57 bits per heavy atom. The Kier molecular flexibility index (Phi) is 6.14. The van der Waals surface area contributed by atoms with Crippen LogP contribution in [0.15, 0.2) is 32.4 Å². The Bertz CT molecular complexity index is 1200. The first-order valence-corrected chi connectivity index (χ1v) is 10.2. The normalized spacial score (nSPS) is 11.2. The number of hydrogen-bond donors (Lipinski definition) is 2. The molecule has 0 aliphatic carbocycles. The van der Waals surface area contributed by atoms with E-state index in [0.29, 0.717) is 6.54 Å². The van der Waals surface area contributed by atoms with Gasteiger partial charge in [0.1, 0.15) is 11.4 Å². The number of benzene rings is 1. The molecule has 0 aliphatic heterocycles. The zero-order chi connectivity index (χ0) is 22.0. The number of aromatic nitrogens is 2. The molecule has 0 saturated heterocycles. The van der Waals surface area contributed by atoms with Crippen molar-refractivity contribution < 1.29 is 9.21 Å². The van der Waals surface area contributed by atoms with E-state index in [1.54, 1.807) is 13.2 Å². The number of aryl methyl sites for hydroxylation is 2. The predicted octanol–water partition coefficient (Wildman–Crippen LogP) is 2.88. The topological polar surface area (TPSA) is 114 Å². The number of nitrogens with zero attached hydrogens (tertiary/aromatic N) is 2. The van der Waals surface area contributed by atoms with E-state index in [2.05, 4.69) is 4.98 Å². The standard InChI is InChI=1S/C22H28N4O4/c1-5-7-8-26-20(23)19(21(28)24-22(26)29)25(6-2)18(27)11-15-12-30-17-10-14(4)13(3)9-16(15)17/h9-10,12H,5-8,11,23H2,1-4H3,(H,24,28,29). The van der Waals surface area contributed by atoms with Crippen LogP contribution >= 0.6 is 0 Å². The van der Waals surface area contributed by atoms with Crippen LogP contribution in [0.1, 0.15) is 43.4 Å². The highest BCUT2D eigenvalue weighted by Crippen LogP contribution is 2.26. The van der Waals surface area contributed by atoms with Crippen LogP contribution in [0.4, 0.5) is 11.5 Å². The maximum Gasteiger partial charge on any atom is 0.330 e. The third-order valence-electron chi connectivity index (χ3n) is 5.45. The average molecular weight is 412 g/mol. The number of fused-ring (bicyclic) bond motifs is 1. The number of anilines is 2. The van der Waals surface area contributed by atoms with Crippen molar-refractivity contribution >= 4 is 28.4 Å². The van der Waals surface area contributed by atoms with Crippen LogP contribution < -0.4 is 21.9 Å². The molecule has 0 spiro atoms. The molecule has 0 aliphatic rings. The Balaban J connectivity index is 1.99. The minimum Gasteiger partial charge on any atom is -0.464 e. The molecule has 3 N–H and O–H groups in total. The number of amides is 1. The SMILES string of the molecule is CCCCn1c(N)c(N(CC)C(=O)Cc2coc3cc(C)c(C)cc23)c(=O)[nH]c1=O. The highest BCUT2D eigenvalue weighted by atomic mass is 16.3. The van der Waals surface area contributed by atoms with E-state index < -0.39 is 11.2 Å². The smallest absolute Gasteiger partial charge is 0.330 e. The molecule has 0 bridgehead atoms. The van der Waals surface area contributed by atoms with E-state index in [-0.39, 0.29) is 30.4 Å². The molecule has 3 aromatic rings. The van der Waals surface area contributed by atoms with Crippen molar-refractivity contribution in [3.8, 4) is 0 Å². The number of unbranched alkanes of at least 4 members (excludes halogenated alkanes) is 1. The molecule has 0 saturated carbocycles. The molecule has 2 heterocycles. The summed E-state index contributed by atoms with van der Waals surface area (Å²) in [5.74, 6) is -0.285. The largest absolute Gasteiger partial charge is 0.464 e. The summed E-state index contributed by atoms with van der Waals surface area (Å²) in [6, 6.07) is 3.95. The lowest BCUT2D eigenvalue weighted by Crippen LogP contribution is -2.41. The number of aromatic amines is 1. The van der Waals surface area contributed by atoms with Gasteiger partial charge in [-0.1, -0.05) is 13.3 Å². The zero-order valence-corrected chi connectivity index (χ0v) is 17.9. The second kappa shape index (κ2) is 8.61. The zero-order valence-electron chi connectivity index (χ0n) is 17.9. The molecule has 160 valence electrons. The number of nitrogen functional groups attached to an aromatic ring is 1. The van der Waals surface area contributed by atoms with Gasteiger partial charge in [0, 0.05) is 24.0 Å². The van der Waals surface area contributed by atoms with Crippen LogP contribution in [-0.2, 0) is 17.8 Å². The lowest BCUT2D eigenvalue weighted by Gasteiger charge is -2.23. The fraction of sp³-hybridized carbons (Fsp3) is 0.409. The third-order valence-corrected chi connectivity index (χ3v) is 5.45. The first-order chi connectivity index (χ1) is 14.3. The van der Waals surface area contributed by atoms with Crippen molar-refractivity contribution in [3.63, 3.8) is 0 Å². The molecular weight excluding hydrogens is 384 g/mol. The number of hydrogen-bond acceptors (Lipinski definition) is 5. The van der Waals surface area contributed by atoms with Gasteiger partial charge in [0.05, 0.1) is 12.7 Å². The summed E-state index contributed by atoms with van der Waals surface area (Å²) in [6.45, 7) is 8.38. The third kappa shape index (κ3) is 3.90. The number of nitrogens with one attached hydrogen (secondary N) is 1. The van der Waals surface area contributed by atoms with Gasteiger partial charge in [0.15, 0.2) is 5.69 Å². The van der Waals surface area contributed by atoms with Crippen molar-refractivity contribution in [2.75, 3.05) is 17.2 Å². The van der Waals surface area contributed by atoms with Crippen LogP contribution in [0.3, 0.4) is 0 Å². The van der Waals surface area contributed by atoms with Gasteiger partial charge in [-0.05, 0) is 50.5 Å². The molecule has 0 radical (unpaired) electrons. The summed E-state index contributed by atoms with van der Waals surface area (Å²) in [5, 5.41) is 0.873. The molecule has 30 heavy (non-hydrogen) atoms. The Labute approximate surface area is 174 Å². The maximum atomic E-state index is 13.1. The van der Waals surface area contributed by atoms with Gasteiger partial charge >= 0.3 is 5.69 Å². The van der Waals surface area contributed by atoms with E-state index in [9.17, 15) is 14.4 Å². The van der Waals surface area contributed by atoms with Gasteiger partial charge in [-0.25, -0.2) is 4.79 Å². The second-order valence-electron chi connectivity index (χ2n) is 7.51. The van der Waals surface area contributed by atoms with Crippen molar-refractivity contribution in [2.45, 2.75) is 53.5 Å². The molecule has 8 nitrogen and oxygen atoms in total. The molecule has 8 heteroatoms. The highest BCUT2D eigenvalue weighted by Gasteiger charge is 2.24. The van der Waals surface area contributed by atoms with Crippen molar-refractivity contribution in [1.82, 2.24) is 9.55 Å². The van der Waals surface area contributed by atoms with Gasteiger partial charge in [0.25, 0.3) is 5.56 Å². The molecular formula is C22H28N4O4. The summed E-state index contributed by atoms with van der Waals surface area (Å²) in [7, 11) is 0. The summed E-state index contributed by atoms with van der Waals surface area (Å²) in [4.78, 5) is 41.5. The highest BCUT2D eigenvalue weighted by molar-refractivity contribution is 5.98. The first-order valence-electron chi connectivity index (χ1n) is 10.2. The molecule has 1 amide bonds.